The monoisotopic (exact) mass is 458 g/mol. The van der Waals surface area contributed by atoms with Gasteiger partial charge in [-0.15, -0.1) is 0 Å². The molecule has 1 amide bonds. The summed E-state index contributed by atoms with van der Waals surface area (Å²) in [6.45, 7) is 8.75. The van der Waals surface area contributed by atoms with Crippen LogP contribution in [0.15, 0.2) is 30.3 Å². The molecule has 1 aromatic rings. The summed E-state index contributed by atoms with van der Waals surface area (Å²) >= 11 is 0. The average Bonchev–Trinajstić information content (AvgIpc) is 2.81. The standard InChI is InChI=1S/C30H54N2O/c1-5-7-8-9-10-11-12-13-14-15-16-17-18-19-23-26-29(33)31-28(6-2)32-30(3,4)27-24-21-20-22-25-27/h20-22,24-25,28,32H,5-19,23,26H2,1-4H3,(H,31,33). The van der Waals surface area contributed by atoms with Crippen LogP contribution in [-0.2, 0) is 10.3 Å². The van der Waals surface area contributed by atoms with Crippen molar-refractivity contribution in [3.63, 3.8) is 0 Å². The third-order valence-corrected chi connectivity index (χ3v) is 6.78. The van der Waals surface area contributed by atoms with E-state index in [1.54, 1.807) is 0 Å². The topological polar surface area (TPSA) is 41.1 Å². The Balaban J connectivity index is 2.00. The van der Waals surface area contributed by atoms with Gasteiger partial charge in [-0.25, -0.2) is 0 Å². The fourth-order valence-electron chi connectivity index (χ4n) is 4.54. The van der Waals surface area contributed by atoms with Crippen LogP contribution < -0.4 is 10.6 Å². The minimum atomic E-state index is -0.177. The molecule has 0 aliphatic heterocycles. The van der Waals surface area contributed by atoms with E-state index in [0.29, 0.717) is 6.42 Å². The quantitative estimate of drug-likeness (QED) is 0.143. The van der Waals surface area contributed by atoms with Crippen LogP contribution in [-0.4, -0.2) is 12.1 Å². The number of carbonyl (C=O) groups is 1. The average molecular weight is 459 g/mol. The van der Waals surface area contributed by atoms with Crippen molar-refractivity contribution >= 4 is 5.91 Å². The lowest BCUT2D eigenvalue weighted by Crippen LogP contribution is -2.52. The second-order valence-corrected chi connectivity index (χ2v) is 10.4. The molecule has 1 unspecified atom stereocenters. The Hall–Kier alpha value is -1.35. The molecule has 3 heteroatoms. The molecule has 1 atom stereocenters. The van der Waals surface area contributed by atoms with Gasteiger partial charge in [0.2, 0.25) is 5.91 Å². The van der Waals surface area contributed by atoms with Crippen molar-refractivity contribution in [1.82, 2.24) is 10.6 Å². The van der Waals surface area contributed by atoms with Gasteiger partial charge in [0.15, 0.2) is 0 Å². The predicted octanol–water partition coefficient (Wildman–Crippen LogP) is 8.63. The highest BCUT2D eigenvalue weighted by Gasteiger charge is 2.23. The van der Waals surface area contributed by atoms with Crippen LogP contribution >= 0.6 is 0 Å². The molecule has 0 spiro atoms. The first-order chi connectivity index (χ1) is 16.0. The number of hydrogen-bond donors (Lipinski definition) is 2. The van der Waals surface area contributed by atoms with Crippen LogP contribution in [0.1, 0.15) is 142 Å². The van der Waals surface area contributed by atoms with Crippen molar-refractivity contribution in [3.05, 3.63) is 35.9 Å². The van der Waals surface area contributed by atoms with E-state index in [1.165, 1.54) is 95.5 Å². The molecule has 1 aromatic carbocycles. The number of amides is 1. The van der Waals surface area contributed by atoms with Crippen molar-refractivity contribution in [3.8, 4) is 0 Å². The van der Waals surface area contributed by atoms with Gasteiger partial charge >= 0.3 is 0 Å². The molecule has 0 aromatic heterocycles. The third kappa shape index (κ3) is 15.2. The highest BCUT2D eigenvalue weighted by molar-refractivity contribution is 5.76. The molecule has 0 fully saturated rings. The second kappa shape index (κ2) is 19.0. The van der Waals surface area contributed by atoms with Gasteiger partial charge in [-0.05, 0) is 32.3 Å². The molecule has 0 aliphatic rings. The van der Waals surface area contributed by atoms with Gasteiger partial charge in [-0.2, -0.15) is 0 Å². The van der Waals surface area contributed by atoms with Gasteiger partial charge in [-0.3, -0.25) is 10.1 Å². The van der Waals surface area contributed by atoms with E-state index in [4.69, 9.17) is 0 Å². The highest BCUT2D eigenvalue weighted by Crippen LogP contribution is 2.20. The first kappa shape index (κ1) is 29.7. The van der Waals surface area contributed by atoms with Gasteiger partial charge < -0.3 is 5.32 Å². The van der Waals surface area contributed by atoms with Crippen molar-refractivity contribution < 1.29 is 4.79 Å². The molecular formula is C30H54N2O. The number of carbonyl (C=O) groups excluding carboxylic acids is 1. The van der Waals surface area contributed by atoms with E-state index in [9.17, 15) is 4.79 Å². The molecule has 0 radical (unpaired) electrons. The first-order valence-electron chi connectivity index (χ1n) is 14.1. The van der Waals surface area contributed by atoms with Crippen molar-refractivity contribution in [1.29, 1.82) is 0 Å². The molecular weight excluding hydrogens is 404 g/mol. The Morgan fingerprint density at radius 1 is 0.727 bits per heavy atom. The van der Waals surface area contributed by atoms with E-state index in [2.05, 4.69) is 62.6 Å². The molecule has 190 valence electrons. The van der Waals surface area contributed by atoms with E-state index in [-0.39, 0.29) is 17.6 Å². The minimum Gasteiger partial charge on any atom is -0.341 e. The number of rotatable bonds is 21. The van der Waals surface area contributed by atoms with Crippen LogP contribution in [0.4, 0.5) is 0 Å². The third-order valence-electron chi connectivity index (χ3n) is 6.78. The summed E-state index contributed by atoms with van der Waals surface area (Å²) in [6, 6.07) is 10.4. The lowest BCUT2D eigenvalue weighted by atomic mass is 9.94. The summed E-state index contributed by atoms with van der Waals surface area (Å²) in [5, 5.41) is 6.80. The SMILES string of the molecule is CCCCCCCCCCCCCCCCCC(=O)NC(CC)NC(C)(C)c1ccccc1. The normalized spacial score (nSPS) is 12.6. The number of nitrogens with one attached hydrogen (secondary N) is 2. The lowest BCUT2D eigenvalue weighted by Gasteiger charge is -2.32. The summed E-state index contributed by atoms with van der Waals surface area (Å²) in [6.07, 6.45) is 21.8. The smallest absolute Gasteiger partial charge is 0.221 e. The zero-order chi connectivity index (χ0) is 24.2. The predicted molar refractivity (Wildman–Crippen MR) is 144 cm³/mol. The number of unbranched alkanes of at least 4 members (excludes halogenated alkanes) is 14. The fourth-order valence-corrected chi connectivity index (χ4v) is 4.54. The number of benzene rings is 1. The van der Waals surface area contributed by atoms with Gasteiger partial charge in [-0.1, -0.05) is 134 Å². The first-order valence-corrected chi connectivity index (χ1v) is 14.1. The second-order valence-electron chi connectivity index (χ2n) is 10.4. The Labute approximate surface area is 205 Å². The zero-order valence-electron chi connectivity index (χ0n) is 22.4. The van der Waals surface area contributed by atoms with Crippen molar-refractivity contribution in [2.24, 2.45) is 0 Å². The van der Waals surface area contributed by atoms with Crippen LogP contribution in [0.3, 0.4) is 0 Å². The van der Waals surface area contributed by atoms with E-state index >= 15 is 0 Å². The summed E-state index contributed by atoms with van der Waals surface area (Å²) in [7, 11) is 0. The maximum absolute atomic E-state index is 12.4. The maximum Gasteiger partial charge on any atom is 0.221 e. The van der Waals surface area contributed by atoms with Crippen molar-refractivity contribution in [2.45, 2.75) is 149 Å². The highest BCUT2D eigenvalue weighted by atomic mass is 16.1. The Morgan fingerprint density at radius 3 is 1.64 bits per heavy atom. The molecule has 1 rings (SSSR count). The summed E-state index contributed by atoms with van der Waals surface area (Å²) in [4.78, 5) is 12.4. The van der Waals surface area contributed by atoms with Gasteiger partial charge in [0.05, 0.1) is 6.17 Å². The van der Waals surface area contributed by atoms with Crippen LogP contribution in [0.2, 0.25) is 0 Å². The molecule has 33 heavy (non-hydrogen) atoms. The molecule has 0 saturated carbocycles. The van der Waals surface area contributed by atoms with E-state index in [1.807, 2.05) is 6.07 Å². The van der Waals surface area contributed by atoms with E-state index in [0.717, 1.165) is 12.8 Å². The molecule has 0 saturated heterocycles. The molecule has 3 nitrogen and oxygen atoms in total. The lowest BCUT2D eigenvalue weighted by molar-refractivity contribution is -0.122. The number of hydrogen-bond acceptors (Lipinski definition) is 2. The Morgan fingerprint density at radius 2 is 1.18 bits per heavy atom. The van der Waals surface area contributed by atoms with Gasteiger partial charge in [0.1, 0.15) is 0 Å². The molecule has 0 bridgehead atoms. The molecule has 0 heterocycles. The minimum absolute atomic E-state index is 0.00375. The van der Waals surface area contributed by atoms with Crippen LogP contribution in [0.5, 0.6) is 0 Å². The van der Waals surface area contributed by atoms with Crippen LogP contribution in [0.25, 0.3) is 0 Å². The summed E-state index contributed by atoms with van der Waals surface area (Å²) < 4.78 is 0. The summed E-state index contributed by atoms with van der Waals surface area (Å²) in [5.41, 5.74) is 1.06. The molecule has 0 aliphatic carbocycles. The molecule has 2 N–H and O–H groups in total. The van der Waals surface area contributed by atoms with Gasteiger partial charge in [0, 0.05) is 12.0 Å². The Bertz CT molecular complexity index is 584. The zero-order valence-corrected chi connectivity index (χ0v) is 22.4. The maximum atomic E-state index is 12.4. The van der Waals surface area contributed by atoms with Crippen LogP contribution in [0, 0.1) is 0 Å². The van der Waals surface area contributed by atoms with Gasteiger partial charge in [0.25, 0.3) is 0 Å². The summed E-state index contributed by atoms with van der Waals surface area (Å²) in [5.74, 6) is 0.174. The van der Waals surface area contributed by atoms with E-state index < -0.39 is 0 Å². The largest absolute Gasteiger partial charge is 0.341 e. The Kier molecular flexibility index (Phi) is 17.1. The fraction of sp³-hybridized carbons (Fsp3) is 0.767. The van der Waals surface area contributed by atoms with Crippen molar-refractivity contribution in [2.75, 3.05) is 0 Å².